The van der Waals surface area contributed by atoms with Crippen LogP contribution < -0.4 is 5.32 Å². The van der Waals surface area contributed by atoms with Gasteiger partial charge in [0.25, 0.3) is 0 Å². The van der Waals surface area contributed by atoms with Gasteiger partial charge in [-0.2, -0.15) is 0 Å². The van der Waals surface area contributed by atoms with E-state index in [1.165, 1.54) is 0 Å². The highest BCUT2D eigenvalue weighted by Crippen LogP contribution is 2.27. The summed E-state index contributed by atoms with van der Waals surface area (Å²) in [7, 11) is -2.71. The molecule has 0 radical (unpaired) electrons. The average molecular weight is 147 g/mol. The molecule has 0 aliphatic carbocycles. The highest BCUT2D eigenvalue weighted by atomic mass is 32.2. The first-order chi connectivity index (χ1) is 4.18. The average Bonchev–Trinajstić information content (AvgIpc) is 1.58. The normalized spacial score (nSPS) is 45.8. The van der Waals surface area contributed by atoms with E-state index in [-0.39, 0.29) is 5.37 Å². The van der Waals surface area contributed by atoms with Gasteiger partial charge in [-0.25, -0.2) is 8.42 Å². The minimum atomic E-state index is -2.71. The summed E-state index contributed by atoms with van der Waals surface area (Å²) in [6.07, 6.45) is 1.67. The van der Waals surface area contributed by atoms with Crippen LogP contribution >= 0.6 is 0 Å². The number of hydrogen-bond acceptors (Lipinski definition) is 3. The van der Waals surface area contributed by atoms with Crippen molar-refractivity contribution in [1.82, 2.24) is 5.32 Å². The van der Waals surface area contributed by atoms with Gasteiger partial charge >= 0.3 is 0 Å². The van der Waals surface area contributed by atoms with Crippen molar-refractivity contribution < 1.29 is 8.42 Å². The Morgan fingerprint density at radius 3 is 2.33 bits per heavy atom. The molecule has 0 spiro atoms. The summed E-state index contributed by atoms with van der Waals surface area (Å²) in [4.78, 5) is 0. The molecule has 2 atom stereocenters. The van der Waals surface area contributed by atoms with Gasteiger partial charge in [0, 0.05) is 6.04 Å². The van der Waals surface area contributed by atoms with Crippen molar-refractivity contribution in [3.63, 3.8) is 0 Å². The fraction of sp³-hybridized carbons (Fsp3) is 1.00. The van der Waals surface area contributed by atoms with E-state index in [1.54, 1.807) is 0 Å². The topological polar surface area (TPSA) is 46.2 Å². The van der Waals surface area contributed by atoms with Crippen LogP contribution in [0.4, 0.5) is 0 Å². The molecule has 2 unspecified atom stereocenters. The van der Waals surface area contributed by atoms with E-state index in [0.717, 1.165) is 12.8 Å². The second kappa shape index (κ2) is 1.49. The van der Waals surface area contributed by atoms with Crippen LogP contribution in [0.5, 0.6) is 0 Å². The van der Waals surface area contributed by atoms with E-state index in [0.29, 0.717) is 11.8 Å². The molecule has 3 fully saturated rings. The highest BCUT2D eigenvalue weighted by molar-refractivity contribution is 7.92. The SMILES string of the molecule is O=S1(=O)CCC2CC1N2. The van der Waals surface area contributed by atoms with Crippen LogP contribution in [0, 0.1) is 0 Å². The molecule has 3 aliphatic heterocycles. The van der Waals surface area contributed by atoms with Gasteiger partial charge in [-0.1, -0.05) is 0 Å². The van der Waals surface area contributed by atoms with Crippen molar-refractivity contribution in [2.45, 2.75) is 24.3 Å². The molecule has 0 aromatic carbocycles. The van der Waals surface area contributed by atoms with Gasteiger partial charge in [0.05, 0.1) is 5.75 Å². The molecule has 0 amide bonds. The molecule has 1 N–H and O–H groups in total. The van der Waals surface area contributed by atoms with E-state index >= 15 is 0 Å². The third-order valence-electron chi connectivity index (χ3n) is 2.10. The second-order valence-corrected chi connectivity index (χ2v) is 5.05. The summed E-state index contributed by atoms with van der Waals surface area (Å²) >= 11 is 0. The monoisotopic (exact) mass is 147 g/mol. The Bertz CT molecular complexity index is 212. The van der Waals surface area contributed by atoms with Crippen molar-refractivity contribution in [2.75, 3.05) is 5.75 Å². The molecule has 3 heterocycles. The minimum absolute atomic E-state index is 0.184. The maximum atomic E-state index is 11.0. The quantitative estimate of drug-likeness (QED) is 0.502. The van der Waals surface area contributed by atoms with Crippen molar-refractivity contribution in [3.8, 4) is 0 Å². The second-order valence-electron chi connectivity index (χ2n) is 2.74. The van der Waals surface area contributed by atoms with Crippen LogP contribution in [0.2, 0.25) is 0 Å². The van der Waals surface area contributed by atoms with Gasteiger partial charge in [0.1, 0.15) is 5.37 Å². The Hall–Kier alpha value is -0.0900. The standard InChI is InChI=1S/C5H9NO2S/c7-9(8)2-1-4-3-5(9)6-4/h4-6H,1-3H2. The number of fused-ring (bicyclic) bond motifs is 2. The molecule has 52 valence electrons. The molecule has 2 bridgehead atoms. The number of sulfone groups is 1. The lowest BCUT2D eigenvalue weighted by Crippen LogP contribution is -2.61. The van der Waals surface area contributed by atoms with Crippen molar-refractivity contribution in [2.24, 2.45) is 0 Å². The van der Waals surface area contributed by atoms with Crippen molar-refractivity contribution in [1.29, 1.82) is 0 Å². The molecule has 0 aromatic rings. The first-order valence-corrected chi connectivity index (χ1v) is 4.88. The summed E-state index contributed by atoms with van der Waals surface area (Å²) in [6, 6.07) is 0.513. The van der Waals surface area contributed by atoms with Crippen molar-refractivity contribution >= 4 is 9.84 Å². The van der Waals surface area contributed by atoms with Gasteiger partial charge in [-0.15, -0.1) is 0 Å². The van der Waals surface area contributed by atoms with Gasteiger partial charge in [-0.3, -0.25) is 5.32 Å². The van der Waals surface area contributed by atoms with Crippen LogP contribution in [-0.4, -0.2) is 25.6 Å². The Morgan fingerprint density at radius 1 is 1.44 bits per heavy atom. The van der Waals surface area contributed by atoms with Crippen LogP contribution in [0.3, 0.4) is 0 Å². The largest absolute Gasteiger partial charge is 0.298 e. The predicted octanol–water partition coefficient (Wildman–Crippen LogP) is -0.507. The molecular formula is C5H9NO2S. The predicted molar refractivity (Wildman–Crippen MR) is 33.7 cm³/mol. The highest BCUT2D eigenvalue weighted by Gasteiger charge is 2.42. The molecule has 0 aromatic heterocycles. The van der Waals surface area contributed by atoms with E-state index in [2.05, 4.69) is 5.32 Å². The maximum absolute atomic E-state index is 11.0. The molecule has 9 heavy (non-hydrogen) atoms. The van der Waals surface area contributed by atoms with Gasteiger partial charge < -0.3 is 0 Å². The fourth-order valence-electron chi connectivity index (χ4n) is 1.40. The lowest BCUT2D eigenvalue weighted by Gasteiger charge is -2.41. The van der Waals surface area contributed by atoms with E-state index in [4.69, 9.17) is 0 Å². The summed E-state index contributed by atoms with van der Waals surface area (Å²) in [5, 5.41) is 2.80. The Kier molecular flexibility index (Phi) is 0.941. The molecule has 0 saturated carbocycles. The van der Waals surface area contributed by atoms with E-state index < -0.39 is 9.84 Å². The molecular weight excluding hydrogens is 138 g/mol. The number of rotatable bonds is 0. The van der Waals surface area contributed by atoms with Crippen LogP contribution in [0.15, 0.2) is 0 Å². The summed E-state index contributed by atoms with van der Waals surface area (Å²) < 4.78 is 21.9. The zero-order chi connectivity index (χ0) is 6.48. The summed E-state index contributed by atoms with van der Waals surface area (Å²) in [5.41, 5.74) is 0. The molecule has 3 saturated heterocycles. The molecule has 3 aliphatic rings. The summed E-state index contributed by atoms with van der Waals surface area (Å²) in [6.45, 7) is 0. The lowest BCUT2D eigenvalue weighted by atomic mass is 10.0. The minimum Gasteiger partial charge on any atom is -0.298 e. The third-order valence-corrected chi connectivity index (χ3v) is 4.10. The van der Waals surface area contributed by atoms with E-state index in [9.17, 15) is 8.42 Å². The van der Waals surface area contributed by atoms with Crippen LogP contribution in [-0.2, 0) is 9.84 Å². The fourth-order valence-corrected chi connectivity index (χ4v) is 3.22. The van der Waals surface area contributed by atoms with Crippen LogP contribution in [0.25, 0.3) is 0 Å². The molecule has 3 rings (SSSR count). The van der Waals surface area contributed by atoms with Crippen molar-refractivity contribution in [3.05, 3.63) is 0 Å². The first-order valence-electron chi connectivity index (χ1n) is 3.16. The Balaban J connectivity index is 2.29. The Labute approximate surface area is 54.4 Å². The third kappa shape index (κ3) is 0.697. The van der Waals surface area contributed by atoms with E-state index in [1.807, 2.05) is 0 Å². The lowest BCUT2D eigenvalue weighted by molar-refractivity contribution is 0.299. The van der Waals surface area contributed by atoms with Gasteiger partial charge in [0.2, 0.25) is 0 Å². The van der Waals surface area contributed by atoms with Crippen LogP contribution in [0.1, 0.15) is 12.8 Å². The van der Waals surface area contributed by atoms with Gasteiger partial charge in [-0.05, 0) is 12.8 Å². The number of hydrogen-bond donors (Lipinski definition) is 1. The smallest absolute Gasteiger partial charge is 0.166 e. The Morgan fingerprint density at radius 2 is 2.11 bits per heavy atom. The summed E-state index contributed by atoms with van der Waals surface area (Å²) in [5.74, 6) is 0.398. The first kappa shape index (κ1) is 5.68. The zero-order valence-corrected chi connectivity index (χ0v) is 5.82. The molecule has 4 heteroatoms. The molecule has 3 nitrogen and oxygen atoms in total. The van der Waals surface area contributed by atoms with Gasteiger partial charge in [0.15, 0.2) is 9.84 Å². The number of nitrogens with one attached hydrogen (secondary N) is 1. The maximum Gasteiger partial charge on any atom is 0.166 e. The zero-order valence-electron chi connectivity index (χ0n) is 5.00.